The van der Waals surface area contributed by atoms with E-state index in [1.807, 2.05) is 0 Å². The summed E-state index contributed by atoms with van der Waals surface area (Å²) < 4.78 is 9.96. The van der Waals surface area contributed by atoms with Crippen LogP contribution in [0.1, 0.15) is 29.1 Å². The van der Waals surface area contributed by atoms with Crippen LogP contribution in [0.15, 0.2) is 40.6 Å². The molecule has 0 bridgehead atoms. The van der Waals surface area contributed by atoms with Crippen LogP contribution in [0.5, 0.6) is 0 Å². The van der Waals surface area contributed by atoms with Crippen molar-refractivity contribution in [3.8, 4) is 11.4 Å². The Hall–Kier alpha value is -4.35. The van der Waals surface area contributed by atoms with Gasteiger partial charge >= 0.3 is 5.97 Å². The quantitative estimate of drug-likeness (QED) is 0.468. The summed E-state index contributed by atoms with van der Waals surface area (Å²) in [5.41, 5.74) is 0.912. The Morgan fingerprint density at radius 2 is 2.09 bits per heavy atom. The second kappa shape index (κ2) is 8.65. The van der Waals surface area contributed by atoms with Gasteiger partial charge in [0.2, 0.25) is 23.5 Å². The molecule has 33 heavy (non-hydrogen) atoms. The first-order chi connectivity index (χ1) is 15.8. The minimum absolute atomic E-state index is 0.0116. The molecule has 1 N–H and O–H groups in total. The van der Waals surface area contributed by atoms with Crippen LogP contribution in [0, 0.1) is 0 Å². The summed E-state index contributed by atoms with van der Waals surface area (Å²) in [5, 5.41) is 6.04. The van der Waals surface area contributed by atoms with Crippen LogP contribution in [-0.2, 0) is 30.5 Å². The van der Waals surface area contributed by atoms with Gasteiger partial charge in [-0.05, 0) is 18.6 Å². The van der Waals surface area contributed by atoms with Gasteiger partial charge in [-0.15, -0.1) is 0 Å². The molecule has 2 aliphatic rings. The molecule has 0 spiro atoms. The van der Waals surface area contributed by atoms with E-state index in [9.17, 15) is 24.0 Å². The van der Waals surface area contributed by atoms with Gasteiger partial charge < -0.3 is 14.2 Å². The Bertz CT molecular complexity index is 1200. The Kier molecular flexibility index (Phi) is 5.73. The zero-order valence-corrected chi connectivity index (χ0v) is 17.7. The molecule has 4 amide bonds. The number of imide groups is 2. The molecule has 2 aromatic rings. The highest BCUT2D eigenvalue weighted by Gasteiger charge is 2.43. The van der Waals surface area contributed by atoms with Crippen molar-refractivity contribution in [3.63, 3.8) is 0 Å². The number of aromatic nitrogens is 2. The Balaban J connectivity index is 1.46. The Morgan fingerprint density at radius 3 is 2.82 bits per heavy atom. The van der Waals surface area contributed by atoms with Crippen molar-refractivity contribution < 1.29 is 33.2 Å². The maximum absolute atomic E-state index is 12.9. The average molecular weight is 453 g/mol. The highest BCUT2D eigenvalue weighted by atomic mass is 16.5. The summed E-state index contributed by atoms with van der Waals surface area (Å²) in [6, 6.07) is 5.46. The maximum Gasteiger partial charge on any atom is 0.337 e. The van der Waals surface area contributed by atoms with Gasteiger partial charge in [0.15, 0.2) is 0 Å². The van der Waals surface area contributed by atoms with E-state index in [1.165, 1.54) is 12.0 Å². The third-order valence-corrected chi connectivity index (χ3v) is 5.25. The van der Waals surface area contributed by atoms with Gasteiger partial charge in [0.05, 0.1) is 19.2 Å². The standard InChI is InChI=1S/C21H19N5O7/c1-25(14-9-17(28)26(20(14)30)13-6-7-15(27)22-19(13)29)10-16-23-18(24-33-16)11-4-3-5-12(8-11)21(31)32-2/h3-5,8-9,13H,6-7,10H2,1-2H3,(H,22,27,29). The monoisotopic (exact) mass is 453 g/mol. The van der Waals surface area contributed by atoms with Crippen LogP contribution < -0.4 is 5.32 Å². The first-order valence-corrected chi connectivity index (χ1v) is 9.94. The smallest absolute Gasteiger partial charge is 0.337 e. The van der Waals surface area contributed by atoms with Crippen molar-refractivity contribution in [2.45, 2.75) is 25.4 Å². The first kappa shape index (κ1) is 21.9. The van der Waals surface area contributed by atoms with E-state index in [0.717, 1.165) is 11.0 Å². The van der Waals surface area contributed by atoms with Crippen molar-refractivity contribution in [2.75, 3.05) is 14.2 Å². The number of nitrogens with one attached hydrogen (secondary N) is 1. The number of benzene rings is 1. The van der Waals surface area contributed by atoms with Crippen LogP contribution in [0.4, 0.5) is 0 Å². The highest BCUT2D eigenvalue weighted by Crippen LogP contribution is 2.24. The number of methoxy groups -OCH3 is 1. The SMILES string of the molecule is COC(=O)c1cccc(-c2noc(CN(C)C3=CC(=O)N(C4CCC(=O)NC4=O)C3=O)n2)c1. The van der Waals surface area contributed by atoms with E-state index in [0.29, 0.717) is 11.1 Å². The molecule has 12 heteroatoms. The molecule has 1 aromatic heterocycles. The fourth-order valence-electron chi connectivity index (χ4n) is 3.60. The number of amides is 4. The maximum atomic E-state index is 12.9. The van der Waals surface area contributed by atoms with Crippen LogP contribution in [0.2, 0.25) is 0 Å². The predicted molar refractivity (Wildman–Crippen MR) is 109 cm³/mol. The van der Waals surface area contributed by atoms with E-state index in [2.05, 4.69) is 15.5 Å². The molecule has 1 saturated heterocycles. The van der Waals surface area contributed by atoms with E-state index >= 15 is 0 Å². The molecule has 1 fully saturated rings. The number of hydrogen-bond acceptors (Lipinski definition) is 10. The molecule has 1 atom stereocenters. The Morgan fingerprint density at radius 1 is 1.30 bits per heavy atom. The second-order valence-corrected chi connectivity index (χ2v) is 7.45. The van der Waals surface area contributed by atoms with Gasteiger partial charge in [0.25, 0.3) is 11.8 Å². The van der Waals surface area contributed by atoms with Crippen molar-refractivity contribution in [1.29, 1.82) is 0 Å². The van der Waals surface area contributed by atoms with Crippen molar-refractivity contribution in [2.24, 2.45) is 0 Å². The summed E-state index contributed by atoms with van der Waals surface area (Å²) >= 11 is 0. The third-order valence-electron chi connectivity index (χ3n) is 5.25. The summed E-state index contributed by atoms with van der Waals surface area (Å²) in [5.74, 6) is -2.51. The van der Waals surface area contributed by atoms with Crippen LogP contribution >= 0.6 is 0 Å². The van der Waals surface area contributed by atoms with Crippen molar-refractivity contribution in [1.82, 2.24) is 25.3 Å². The number of rotatable bonds is 6. The normalized spacial score (nSPS) is 18.3. The number of likely N-dealkylation sites (N-methyl/N-ethyl adjacent to an activating group) is 1. The van der Waals surface area contributed by atoms with E-state index in [-0.39, 0.29) is 36.8 Å². The zero-order valence-electron chi connectivity index (χ0n) is 17.7. The number of hydrogen-bond donors (Lipinski definition) is 1. The Labute approximate surface area is 187 Å². The molecule has 2 aliphatic heterocycles. The lowest BCUT2D eigenvalue weighted by Crippen LogP contribution is -2.54. The second-order valence-electron chi connectivity index (χ2n) is 7.45. The number of carbonyl (C=O) groups excluding carboxylic acids is 5. The van der Waals surface area contributed by atoms with Gasteiger partial charge in [-0.25, -0.2) is 4.79 Å². The third kappa shape index (κ3) is 4.22. The summed E-state index contributed by atoms with van der Waals surface area (Å²) in [6.45, 7) is 0.0116. The number of nitrogens with zero attached hydrogens (tertiary/aromatic N) is 4. The fraction of sp³-hybridized carbons (Fsp3) is 0.286. The molecule has 0 aliphatic carbocycles. The topological polar surface area (TPSA) is 152 Å². The average Bonchev–Trinajstić information content (AvgIpc) is 3.38. The molecule has 4 rings (SSSR count). The van der Waals surface area contributed by atoms with E-state index < -0.39 is 35.6 Å². The minimum Gasteiger partial charge on any atom is -0.465 e. The van der Waals surface area contributed by atoms with Crippen LogP contribution in [0.3, 0.4) is 0 Å². The molecule has 170 valence electrons. The molecular formula is C21H19N5O7. The lowest BCUT2D eigenvalue weighted by atomic mass is 10.0. The van der Waals surface area contributed by atoms with Crippen molar-refractivity contribution >= 4 is 29.6 Å². The lowest BCUT2D eigenvalue weighted by Gasteiger charge is -2.29. The zero-order chi connectivity index (χ0) is 23.7. The minimum atomic E-state index is -1.04. The highest BCUT2D eigenvalue weighted by molar-refractivity contribution is 6.18. The van der Waals surface area contributed by atoms with Gasteiger partial charge in [-0.2, -0.15) is 4.98 Å². The van der Waals surface area contributed by atoms with Gasteiger partial charge in [0.1, 0.15) is 11.7 Å². The fourth-order valence-corrected chi connectivity index (χ4v) is 3.60. The predicted octanol–water partition coefficient (Wildman–Crippen LogP) is 0.0129. The van der Waals surface area contributed by atoms with Gasteiger partial charge in [0, 0.05) is 25.1 Å². The summed E-state index contributed by atoms with van der Waals surface area (Å²) in [4.78, 5) is 67.0. The largest absolute Gasteiger partial charge is 0.465 e. The molecule has 0 saturated carbocycles. The number of piperidine rings is 1. The van der Waals surface area contributed by atoms with Crippen molar-refractivity contribution in [3.05, 3.63) is 47.5 Å². The van der Waals surface area contributed by atoms with E-state index in [1.54, 1.807) is 31.3 Å². The number of carbonyl (C=O) groups is 5. The molecular weight excluding hydrogens is 434 g/mol. The number of esters is 1. The van der Waals surface area contributed by atoms with Crippen LogP contribution in [0.25, 0.3) is 11.4 Å². The van der Waals surface area contributed by atoms with E-state index in [4.69, 9.17) is 9.26 Å². The molecule has 1 unspecified atom stereocenters. The molecule has 12 nitrogen and oxygen atoms in total. The lowest BCUT2D eigenvalue weighted by molar-refractivity contribution is -0.150. The molecule has 0 radical (unpaired) electrons. The summed E-state index contributed by atoms with van der Waals surface area (Å²) in [6.07, 6.45) is 1.24. The molecule has 1 aromatic carbocycles. The number of ether oxygens (including phenoxy) is 1. The first-order valence-electron chi connectivity index (χ1n) is 9.94. The van der Waals surface area contributed by atoms with Gasteiger partial charge in [-0.3, -0.25) is 29.4 Å². The van der Waals surface area contributed by atoms with Gasteiger partial charge in [-0.1, -0.05) is 17.3 Å². The van der Waals surface area contributed by atoms with Crippen LogP contribution in [-0.4, -0.2) is 69.7 Å². The molecule has 3 heterocycles. The summed E-state index contributed by atoms with van der Waals surface area (Å²) in [7, 11) is 2.84.